The number of carbonyl (C=O) groups excluding carboxylic acids is 1. The number of rotatable bonds is 4. The molecule has 3 N–H and O–H groups in total. The number of hydrogen-bond acceptors (Lipinski definition) is 8. The van der Waals surface area contributed by atoms with Crippen LogP contribution in [0.4, 0.5) is 13.2 Å². The minimum absolute atomic E-state index is 0.0173. The topological polar surface area (TPSA) is 115 Å². The van der Waals surface area contributed by atoms with Gasteiger partial charge in [0, 0.05) is 21.1 Å². The maximum atomic E-state index is 12.6. The molecule has 0 aliphatic carbocycles. The average molecular weight is 431 g/mol. The predicted molar refractivity (Wildman–Crippen MR) is 87.9 cm³/mol. The van der Waals surface area contributed by atoms with Gasteiger partial charge in [0.05, 0.1) is 10.6 Å². The first-order valence-electron chi connectivity index (χ1n) is 6.99. The Balaban J connectivity index is 2.54. The number of nitrogens with one attached hydrogen (secondary N) is 3. The van der Waals surface area contributed by atoms with E-state index in [2.05, 4.69) is 26.2 Å². The molecule has 0 saturated heterocycles. The van der Waals surface area contributed by atoms with Crippen LogP contribution in [-0.2, 0) is 10.0 Å². The molecule has 1 aromatic rings. The third-order valence-electron chi connectivity index (χ3n) is 3.19. The Labute approximate surface area is 156 Å². The number of hydrogen-bond donors (Lipinski definition) is 3. The number of carbonyl (C=O) groups is 1. The second-order valence-corrected chi connectivity index (χ2v) is 7.73. The molecule has 0 atom stereocenters. The third-order valence-corrected chi connectivity index (χ3v) is 5.58. The highest BCUT2D eigenvalue weighted by molar-refractivity contribution is 7.89. The second kappa shape index (κ2) is 7.38. The fourth-order valence-electron chi connectivity index (χ4n) is 1.90. The first-order chi connectivity index (χ1) is 12.3. The zero-order valence-corrected chi connectivity index (χ0v) is 15.6. The van der Waals surface area contributed by atoms with Crippen LogP contribution in [0.1, 0.15) is 10.4 Å². The lowest BCUT2D eigenvalue weighted by atomic mass is 10.2. The van der Waals surface area contributed by atoms with Gasteiger partial charge in [-0.3, -0.25) is 15.1 Å². The summed E-state index contributed by atoms with van der Waals surface area (Å²) in [5.41, 5.74) is 4.46. The maximum absolute atomic E-state index is 12.6. The van der Waals surface area contributed by atoms with Crippen molar-refractivity contribution in [1.82, 2.24) is 25.7 Å². The molecule has 2 rings (SSSR count). The van der Waals surface area contributed by atoms with Crippen molar-refractivity contribution in [3.8, 4) is 5.75 Å². The molecule has 1 aromatic carbocycles. The molecule has 0 bridgehead atoms. The van der Waals surface area contributed by atoms with E-state index in [-0.39, 0.29) is 5.96 Å². The maximum Gasteiger partial charge on any atom is 0.573 e. The van der Waals surface area contributed by atoms with Gasteiger partial charge in [0.2, 0.25) is 16.0 Å². The summed E-state index contributed by atoms with van der Waals surface area (Å²) >= 11 is 5.99. The molecule has 1 amide bonds. The van der Waals surface area contributed by atoms with Gasteiger partial charge in [-0.15, -0.1) is 23.8 Å². The Morgan fingerprint density at radius 2 is 2.00 bits per heavy atom. The van der Waals surface area contributed by atoms with E-state index in [1.165, 1.54) is 12.1 Å². The van der Waals surface area contributed by atoms with Gasteiger partial charge in [0.25, 0.3) is 5.91 Å². The Morgan fingerprint density at radius 3 is 2.48 bits per heavy atom. The average Bonchev–Trinajstić information content (AvgIpc) is 2.90. The summed E-state index contributed by atoms with van der Waals surface area (Å²) in [6, 6.07) is 1.60. The Bertz CT molecular complexity index is 890. The Morgan fingerprint density at radius 1 is 1.37 bits per heavy atom. The summed E-state index contributed by atoms with van der Waals surface area (Å²) in [5, 5.41) is 6.55. The number of hydrazine groups is 2. The van der Waals surface area contributed by atoms with Gasteiger partial charge in [-0.2, -0.15) is 0 Å². The number of guanidine groups is 1. The Hall–Kier alpha value is -2.29. The highest BCUT2D eigenvalue weighted by Crippen LogP contribution is 2.38. The number of nitrogens with zero attached hydrogens (tertiary/aromatic N) is 3. The van der Waals surface area contributed by atoms with Crippen molar-refractivity contribution in [2.75, 3.05) is 21.1 Å². The minimum atomic E-state index is -5.16. The van der Waals surface area contributed by atoms with Crippen LogP contribution in [0.5, 0.6) is 5.75 Å². The van der Waals surface area contributed by atoms with Crippen molar-refractivity contribution >= 4 is 33.5 Å². The van der Waals surface area contributed by atoms with Crippen LogP contribution in [0, 0.1) is 0 Å². The van der Waals surface area contributed by atoms with Gasteiger partial charge in [0.1, 0.15) is 4.90 Å². The third kappa shape index (κ3) is 4.52. The van der Waals surface area contributed by atoms with Crippen molar-refractivity contribution in [2.45, 2.75) is 11.3 Å². The number of amides is 1. The monoisotopic (exact) mass is 430 g/mol. The fraction of sp³-hybridized carbons (Fsp3) is 0.333. The molecule has 0 aromatic heterocycles. The van der Waals surface area contributed by atoms with Gasteiger partial charge < -0.3 is 4.74 Å². The number of sulfonamides is 1. The minimum Gasteiger partial charge on any atom is -0.404 e. The highest BCUT2D eigenvalue weighted by Gasteiger charge is 2.37. The van der Waals surface area contributed by atoms with Gasteiger partial charge in [-0.1, -0.05) is 11.6 Å². The van der Waals surface area contributed by atoms with Crippen molar-refractivity contribution < 1.29 is 31.1 Å². The molecule has 0 radical (unpaired) electrons. The van der Waals surface area contributed by atoms with E-state index in [9.17, 15) is 26.4 Å². The molecule has 15 heteroatoms. The van der Waals surface area contributed by atoms with E-state index >= 15 is 0 Å². The standard InChI is InChI=1S/C12H14ClF3N6O4S/c1-21(2)27(24,25)9-7(26-12(14,15)16)5-4-6(8(9)13)10(23)17-11-18-19-20-22(11)3/h4-5,19-20H,1-3H3,(H,17,18,23). The predicted octanol–water partition coefficient (Wildman–Crippen LogP) is 0.444. The van der Waals surface area contributed by atoms with Crippen molar-refractivity contribution in [3.63, 3.8) is 0 Å². The molecule has 1 aliphatic rings. The Kier molecular flexibility index (Phi) is 5.74. The zero-order valence-electron chi connectivity index (χ0n) is 14.0. The number of halogens is 4. The van der Waals surface area contributed by atoms with E-state index in [0.717, 1.165) is 20.2 Å². The molecule has 0 unspecified atom stereocenters. The molecule has 10 nitrogen and oxygen atoms in total. The first kappa shape index (κ1) is 21.0. The van der Waals surface area contributed by atoms with E-state index in [0.29, 0.717) is 10.4 Å². The van der Waals surface area contributed by atoms with Crippen molar-refractivity contribution in [3.05, 3.63) is 22.7 Å². The summed E-state index contributed by atoms with van der Waals surface area (Å²) in [6.07, 6.45) is -5.16. The van der Waals surface area contributed by atoms with Crippen LogP contribution in [-0.4, -0.2) is 57.1 Å². The molecule has 0 spiro atoms. The summed E-state index contributed by atoms with van der Waals surface area (Å²) in [5.74, 6) is -1.94. The zero-order chi connectivity index (χ0) is 20.6. The van der Waals surface area contributed by atoms with Crippen LogP contribution >= 0.6 is 11.6 Å². The summed E-state index contributed by atoms with van der Waals surface area (Å²) < 4.78 is 67.2. The molecular formula is C12H14ClF3N6O4S. The van der Waals surface area contributed by atoms with Gasteiger partial charge in [-0.05, 0) is 12.1 Å². The van der Waals surface area contributed by atoms with E-state index < -0.39 is 43.5 Å². The van der Waals surface area contributed by atoms with Gasteiger partial charge in [-0.25, -0.2) is 18.3 Å². The smallest absolute Gasteiger partial charge is 0.404 e. The largest absolute Gasteiger partial charge is 0.573 e. The van der Waals surface area contributed by atoms with Crippen molar-refractivity contribution in [2.24, 2.45) is 5.10 Å². The number of ether oxygens (including phenoxy) is 1. The molecule has 1 aliphatic heterocycles. The number of alkyl halides is 3. The second-order valence-electron chi connectivity index (χ2n) is 5.26. The lowest BCUT2D eigenvalue weighted by molar-refractivity contribution is -0.275. The quantitative estimate of drug-likeness (QED) is 0.635. The molecular weight excluding hydrogens is 417 g/mol. The number of hydrazone groups is 1. The lowest BCUT2D eigenvalue weighted by Gasteiger charge is -2.19. The van der Waals surface area contributed by atoms with Crippen LogP contribution < -0.4 is 21.1 Å². The van der Waals surface area contributed by atoms with Crippen LogP contribution in [0.25, 0.3) is 0 Å². The van der Waals surface area contributed by atoms with Gasteiger partial charge >= 0.3 is 6.36 Å². The number of benzene rings is 1. The molecule has 0 saturated carbocycles. The van der Waals surface area contributed by atoms with Crippen LogP contribution in [0.3, 0.4) is 0 Å². The van der Waals surface area contributed by atoms with E-state index in [4.69, 9.17) is 11.6 Å². The fourth-order valence-corrected chi connectivity index (χ4v) is 3.50. The summed E-state index contributed by atoms with van der Waals surface area (Å²) in [6.45, 7) is 0. The van der Waals surface area contributed by atoms with Gasteiger partial charge in [0.15, 0.2) is 5.75 Å². The highest BCUT2D eigenvalue weighted by atomic mass is 35.5. The SMILES string of the molecule is CN1NNN=C1NC(=O)c1ccc(OC(F)(F)F)c(S(=O)(=O)N(C)C)c1Cl. The molecule has 1 heterocycles. The first-order valence-corrected chi connectivity index (χ1v) is 8.80. The van der Waals surface area contributed by atoms with Crippen molar-refractivity contribution in [1.29, 1.82) is 0 Å². The molecule has 27 heavy (non-hydrogen) atoms. The van der Waals surface area contributed by atoms with Crippen LogP contribution in [0.15, 0.2) is 22.1 Å². The molecule has 0 fully saturated rings. The van der Waals surface area contributed by atoms with E-state index in [1.807, 2.05) is 0 Å². The molecule has 150 valence electrons. The lowest BCUT2D eigenvalue weighted by Crippen LogP contribution is -2.45. The summed E-state index contributed by atoms with van der Waals surface area (Å²) in [4.78, 5) is 11.4. The normalized spacial score (nSPS) is 14.8. The summed E-state index contributed by atoms with van der Waals surface area (Å²) in [7, 11) is -0.786. The van der Waals surface area contributed by atoms with E-state index in [1.54, 1.807) is 0 Å². The van der Waals surface area contributed by atoms with Crippen LogP contribution in [0.2, 0.25) is 5.02 Å².